The fourth-order valence-corrected chi connectivity index (χ4v) is 3.17. The van der Waals surface area contributed by atoms with Crippen molar-refractivity contribution in [3.05, 3.63) is 54.1 Å². The van der Waals surface area contributed by atoms with Crippen LogP contribution in [0.25, 0.3) is 0 Å². The lowest BCUT2D eigenvalue weighted by molar-refractivity contribution is -0.122. The summed E-state index contributed by atoms with van der Waals surface area (Å²) in [5, 5.41) is 5.70. The molecule has 1 unspecified atom stereocenters. The van der Waals surface area contributed by atoms with Crippen molar-refractivity contribution < 1.29 is 14.3 Å². The highest BCUT2D eigenvalue weighted by Crippen LogP contribution is 2.33. The van der Waals surface area contributed by atoms with Crippen molar-refractivity contribution in [2.45, 2.75) is 26.3 Å². The molecule has 1 heterocycles. The Morgan fingerprint density at radius 2 is 1.85 bits per heavy atom. The zero-order valence-electron chi connectivity index (χ0n) is 15.0. The summed E-state index contributed by atoms with van der Waals surface area (Å²) in [5.41, 5.74) is 2.32. The average molecular weight is 353 g/mol. The standard InChI is InChI=1S/C20H23N3O3/c1-3-21-19(24)17-13-14-9-5-7-11-16(14)23(17)20(25)22-15-10-6-8-12-18(15)26-4-2/h5-12,17H,3-4,13H2,1-2H3,(H,21,24)(H,22,25). The van der Waals surface area contributed by atoms with Crippen LogP contribution >= 0.6 is 0 Å². The molecular weight excluding hydrogens is 330 g/mol. The molecule has 0 aromatic heterocycles. The van der Waals surface area contributed by atoms with Gasteiger partial charge in [-0.3, -0.25) is 9.69 Å². The van der Waals surface area contributed by atoms with Gasteiger partial charge in [0, 0.05) is 18.7 Å². The molecule has 0 radical (unpaired) electrons. The first-order valence-electron chi connectivity index (χ1n) is 8.83. The third-order valence-electron chi connectivity index (χ3n) is 4.28. The summed E-state index contributed by atoms with van der Waals surface area (Å²) in [5.74, 6) is 0.447. The Morgan fingerprint density at radius 1 is 1.12 bits per heavy atom. The monoisotopic (exact) mass is 353 g/mol. The first-order valence-corrected chi connectivity index (χ1v) is 8.83. The quantitative estimate of drug-likeness (QED) is 0.867. The van der Waals surface area contributed by atoms with Gasteiger partial charge in [-0.05, 0) is 37.6 Å². The number of anilines is 2. The second-order valence-corrected chi connectivity index (χ2v) is 5.97. The van der Waals surface area contributed by atoms with E-state index in [1.165, 1.54) is 4.90 Å². The average Bonchev–Trinajstić information content (AvgIpc) is 3.03. The third-order valence-corrected chi connectivity index (χ3v) is 4.28. The van der Waals surface area contributed by atoms with Gasteiger partial charge in [0.25, 0.3) is 0 Å². The van der Waals surface area contributed by atoms with Crippen LogP contribution in [0.15, 0.2) is 48.5 Å². The number of carbonyl (C=O) groups excluding carboxylic acids is 2. The lowest BCUT2D eigenvalue weighted by Crippen LogP contribution is -2.49. The molecule has 0 saturated heterocycles. The van der Waals surface area contributed by atoms with E-state index in [0.717, 1.165) is 11.3 Å². The Bertz CT molecular complexity index is 806. The van der Waals surface area contributed by atoms with E-state index in [9.17, 15) is 9.59 Å². The van der Waals surface area contributed by atoms with E-state index >= 15 is 0 Å². The van der Waals surface area contributed by atoms with Gasteiger partial charge in [-0.15, -0.1) is 0 Å². The summed E-state index contributed by atoms with van der Waals surface area (Å²) in [6.45, 7) is 4.78. The summed E-state index contributed by atoms with van der Waals surface area (Å²) < 4.78 is 5.57. The van der Waals surface area contributed by atoms with Gasteiger partial charge in [-0.25, -0.2) is 4.79 Å². The third kappa shape index (κ3) is 3.49. The lowest BCUT2D eigenvalue weighted by atomic mass is 10.1. The molecular formula is C20H23N3O3. The molecule has 0 fully saturated rings. The van der Waals surface area contributed by atoms with Crippen molar-refractivity contribution in [1.82, 2.24) is 5.32 Å². The Balaban J connectivity index is 1.89. The molecule has 1 aliphatic rings. The van der Waals surface area contributed by atoms with Crippen molar-refractivity contribution in [3.63, 3.8) is 0 Å². The van der Waals surface area contributed by atoms with Crippen molar-refractivity contribution in [2.24, 2.45) is 0 Å². The molecule has 3 rings (SSSR count). The number of nitrogens with one attached hydrogen (secondary N) is 2. The molecule has 6 heteroatoms. The first-order chi connectivity index (χ1) is 12.7. The van der Waals surface area contributed by atoms with E-state index in [2.05, 4.69) is 10.6 Å². The largest absolute Gasteiger partial charge is 0.492 e. The minimum absolute atomic E-state index is 0.156. The van der Waals surface area contributed by atoms with Crippen LogP contribution in [-0.4, -0.2) is 31.1 Å². The van der Waals surface area contributed by atoms with E-state index in [1.807, 2.05) is 50.2 Å². The smallest absolute Gasteiger partial charge is 0.327 e. The number of ether oxygens (including phenoxy) is 1. The molecule has 0 bridgehead atoms. The summed E-state index contributed by atoms with van der Waals surface area (Å²) >= 11 is 0. The van der Waals surface area contributed by atoms with Gasteiger partial charge >= 0.3 is 6.03 Å². The number of para-hydroxylation sites is 3. The van der Waals surface area contributed by atoms with Crippen LogP contribution in [-0.2, 0) is 11.2 Å². The molecule has 1 aliphatic heterocycles. The number of hydrogen-bond donors (Lipinski definition) is 2. The van der Waals surface area contributed by atoms with Gasteiger partial charge in [-0.1, -0.05) is 30.3 Å². The minimum Gasteiger partial charge on any atom is -0.492 e. The maximum Gasteiger partial charge on any atom is 0.327 e. The predicted molar refractivity (Wildman–Crippen MR) is 102 cm³/mol. The van der Waals surface area contributed by atoms with E-state index in [4.69, 9.17) is 4.74 Å². The summed E-state index contributed by atoms with van der Waals surface area (Å²) in [7, 11) is 0. The summed E-state index contributed by atoms with van der Waals surface area (Å²) in [6, 6.07) is 14.0. The van der Waals surface area contributed by atoms with Crippen LogP contribution in [0.5, 0.6) is 5.75 Å². The van der Waals surface area contributed by atoms with Gasteiger partial charge in [0.1, 0.15) is 11.8 Å². The van der Waals surface area contributed by atoms with Crippen LogP contribution in [0, 0.1) is 0 Å². The molecule has 0 saturated carbocycles. The van der Waals surface area contributed by atoms with Gasteiger partial charge in [0.05, 0.1) is 12.3 Å². The molecule has 2 aromatic carbocycles. The van der Waals surface area contributed by atoms with Crippen LogP contribution in [0.4, 0.5) is 16.2 Å². The first kappa shape index (κ1) is 17.8. The van der Waals surface area contributed by atoms with E-state index in [1.54, 1.807) is 12.1 Å². The number of fused-ring (bicyclic) bond motifs is 1. The van der Waals surface area contributed by atoms with Crippen LogP contribution < -0.4 is 20.3 Å². The highest BCUT2D eigenvalue weighted by Gasteiger charge is 2.38. The number of benzene rings is 2. The Kier molecular flexibility index (Phi) is 5.41. The van der Waals surface area contributed by atoms with Gasteiger partial charge < -0.3 is 15.4 Å². The van der Waals surface area contributed by atoms with E-state index in [0.29, 0.717) is 31.0 Å². The Morgan fingerprint density at radius 3 is 2.62 bits per heavy atom. The van der Waals surface area contributed by atoms with Crippen LogP contribution in [0.1, 0.15) is 19.4 Å². The number of amides is 3. The predicted octanol–water partition coefficient (Wildman–Crippen LogP) is 3.18. The topological polar surface area (TPSA) is 70.7 Å². The zero-order valence-corrected chi connectivity index (χ0v) is 15.0. The fraction of sp³-hybridized carbons (Fsp3) is 0.300. The second-order valence-electron chi connectivity index (χ2n) is 5.97. The van der Waals surface area contributed by atoms with Gasteiger partial charge in [-0.2, -0.15) is 0 Å². The van der Waals surface area contributed by atoms with E-state index < -0.39 is 6.04 Å². The second kappa shape index (κ2) is 7.91. The highest BCUT2D eigenvalue weighted by molar-refractivity contribution is 6.08. The van der Waals surface area contributed by atoms with Crippen molar-refractivity contribution in [2.75, 3.05) is 23.4 Å². The lowest BCUT2D eigenvalue weighted by Gasteiger charge is -2.25. The molecule has 6 nitrogen and oxygen atoms in total. The molecule has 26 heavy (non-hydrogen) atoms. The van der Waals surface area contributed by atoms with Gasteiger partial charge in [0.2, 0.25) is 5.91 Å². The number of rotatable bonds is 5. The number of nitrogens with zero attached hydrogens (tertiary/aromatic N) is 1. The number of hydrogen-bond acceptors (Lipinski definition) is 3. The zero-order chi connectivity index (χ0) is 18.5. The van der Waals surface area contributed by atoms with Gasteiger partial charge in [0.15, 0.2) is 0 Å². The maximum atomic E-state index is 13.0. The Hall–Kier alpha value is -3.02. The Labute approximate surface area is 153 Å². The highest BCUT2D eigenvalue weighted by atomic mass is 16.5. The fourth-order valence-electron chi connectivity index (χ4n) is 3.17. The number of carbonyl (C=O) groups is 2. The number of urea groups is 1. The summed E-state index contributed by atoms with van der Waals surface area (Å²) in [6.07, 6.45) is 0.503. The SMILES string of the molecule is CCNC(=O)C1Cc2ccccc2N1C(=O)Nc1ccccc1OCC. The van der Waals surface area contributed by atoms with E-state index in [-0.39, 0.29) is 11.9 Å². The molecule has 2 N–H and O–H groups in total. The van der Waals surface area contributed by atoms with Crippen LogP contribution in [0.2, 0.25) is 0 Å². The van der Waals surface area contributed by atoms with Crippen molar-refractivity contribution in [1.29, 1.82) is 0 Å². The van der Waals surface area contributed by atoms with Crippen molar-refractivity contribution in [3.8, 4) is 5.75 Å². The van der Waals surface area contributed by atoms with Crippen LogP contribution in [0.3, 0.4) is 0 Å². The summed E-state index contributed by atoms with van der Waals surface area (Å²) in [4.78, 5) is 27.1. The molecule has 2 aromatic rings. The molecule has 136 valence electrons. The minimum atomic E-state index is -0.563. The number of likely N-dealkylation sites (N-methyl/N-ethyl adjacent to an activating group) is 1. The van der Waals surface area contributed by atoms with Crippen molar-refractivity contribution >= 4 is 23.3 Å². The molecule has 3 amide bonds. The molecule has 1 atom stereocenters. The molecule has 0 spiro atoms. The molecule has 0 aliphatic carbocycles. The normalized spacial score (nSPS) is 15.3. The maximum absolute atomic E-state index is 13.0.